The zero-order valence-corrected chi connectivity index (χ0v) is 25.4. The summed E-state index contributed by atoms with van der Waals surface area (Å²) in [5, 5.41) is 6.50. The van der Waals surface area contributed by atoms with Crippen LogP contribution in [0.2, 0.25) is 0 Å². The van der Waals surface area contributed by atoms with Gasteiger partial charge in [-0.05, 0) is 60.4 Å². The number of nitrogens with zero attached hydrogens (tertiary/aromatic N) is 4. The van der Waals surface area contributed by atoms with Gasteiger partial charge in [0.2, 0.25) is 5.91 Å². The number of carbonyl (C=O) groups is 2. The number of rotatable bonds is 10. The second kappa shape index (κ2) is 13.6. The zero-order chi connectivity index (χ0) is 31.2. The van der Waals surface area contributed by atoms with E-state index in [1.54, 1.807) is 36.5 Å². The number of aromatic nitrogens is 3. The van der Waals surface area contributed by atoms with Crippen molar-refractivity contribution in [3.8, 4) is 16.9 Å². The molecule has 1 unspecified atom stereocenters. The average Bonchev–Trinajstić information content (AvgIpc) is 3.55. The van der Waals surface area contributed by atoms with Crippen molar-refractivity contribution in [2.75, 3.05) is 38.7 Å². The van der Waals surface area contributed by atoms with Crippen LogP contribution < -0.4 is 15.4 Å². The van der Waals surface area contributed by atoms with E-state index < -0.39 is 0 Å². The van der Waals surface area contributed by atoms with Crippen LogP contribution in [0.1, 0.15) is 28.4 Å². The van der Waals surface area contributed by atoms with Gasteiger partial charge in [-0.3, -0.25) is 9.59 Å². The van der Waals surface area contributed by atoms with Crippen molar-refractivity contribution in [2.45, 2.75) is 25.8 Å². The highest BCUT2D eigenvalue weighted by Gasteiger charge is 2.19. The van der Waals surface area contributed by atoms with Gasteiger partial charge in [-0.2, -0.15) is 0 Å². The molecule has 1 atom stereocenters. The Hall–Kier alpha value is -5.22. The number of hydrogen-bond donors (Lipinski definition) is 2. The molecule has 45 heavy (non-hydrogen) atoms. The number of ether oxygens (including phenoxy) is 2. The summed E-state index contributed by atoms with van der Waals surface area (Å²) < 4.78 is 12.5. The molecule has 1 saturated heterocycles. The fourth-order valence-corrected chi connectivity index (χ4v) is 5.50. The van der Waals surface area contributed by atoms with E-state index in [4.69, 9.17) is 9.47 Å². The van der Waals surface area contributed by atoms with E-state index in [0.29, 0.717) is 37.7 Å². The van der Waals surface area contributed by atoms with Gasteiger partial charge < -0.3 is 29.4 Å². The van der Waals surface area contributed by atoms with Crippen molar-refractivity contribution in [3.05, 3.63) is 108 Å². The highest BCUT2D eigenvalue weighted by molar-refractivity contribution is 5.94. The van der Waals surface area contributed by atoms with Crippen LogP contribution in [-0.4, -0.2) is 70.5 Å². The number of pyridine rings is 2. The Morgan fingerprint density at radius 1 is 0.978 bits per heavy atom. The van der Waals surface area contributed by atoms with Crippen LogP contribution in [0, 0.1) is 0 Å². The molecule has 230 valence electrons. The van der Waals surface area contributed by atoms with Gasteiger partial charge in [-0.25, -0.2) is 9.97 Å². The summed E-state index contributed by atoms with van der Waals surface area (Å²) in [6.07, 6.45) is 8.26. The Kier molecular flexibility index (Phi) is 9.02. The van der Waals surface area contributed by atoms with E-state index in [2.05, 4.69) is 20.6 Å². The number of benzene rings is 2. The minimum Gasteiger partial charge on any atom is -0.497 e. The lowest BCUT2D eigenvalue weighted by molar-refractivity contribution is -0.121. The van der Waals surface area contributed by atoms with Crippen LogP contribution in [0.15, 0.2) is 91.5 Å². The van der Waals surface area contributed by atoms with Crippen molar-refractivity contribution < 1.29 is 19.1 Å². The molecule has 2 N–H and O–H groups in total. The molecule has 0 spiro atoms. The Morgan fingerprint density at radius 3 is 2.56 bits per heavy atom. The first-order valence-electron chi connectivity index (χ1n) is 15.0. The summed E-state index contributed by atoms with van der Waals surface area (Å²) in [5.41, 5.74) is 6.05. The van der Waals surface area contributed by atoms with Gasteiger partial charge in [0.25, 0.3) is 5.91 Å². The van der Waals surface area contributed by atoms with Crippen LogP contribution in [0.3, 0.4) is 0 Å². The fraction of sp³-hybridized carbons (Fsp3) is 0.257. The van der Waals surface area contributed by atoms with Crippen molar-refractivity contribution >= 4 is 29.0 Å². The molecule has 4 heterocycles. The molecule has 3 aromatic heterocycles. The molecule has 0 saturated carbocycles. The number of amides is 2. The van der Waals surface area contributed by atoms with Gasteiger partial charge in [0, 0.05) is 49.5 Å². The Morgan fingerprint density at radius 2 is 1.80 bits per heavy atom. The molecule has 10 heteroatoms. The molecular weight excluding hydrogens is 568 g/mol. The van der Waals surface area contributed by atoms with Gasteiger partial charge in [-0.1, -0.05) is 36.4 Å². The number of methoxy groups -OCH3 is 1. The number of nitrogens with one attached hydrogen (secondary N) is 2. The average molecular weight is 605 g/mol. The van der Waals surface area contributed by atoms with Crippen LogP contribution >= 0.6 is 0 Å². The molecule has 0 aliphatic carbocycles. The second-order valence-electron chi connectivity index (χ2n) is 11.2. The molecule has 1 aliphatic heterocycles. The van der Waals surface area contributed by atoms with E-state index in [-0.39, 0.29) is 24.3 Å². The number of fused-ring (bicyclic) bond motifs is 1. The summed E-state index contributed by atoms with van der Waals surface area (Å²) in [7, 11) is 1.65. The molecule has 1 aliphatic rings. The maximum Gasteiger partial charge on any atom is 0.255 e. The summed E-state index contributed by atoms with van der Waals surface area (Å²) in [6, 6.07) is 21.5. The van der Waals surface area contributed by atoms with E-state index in [1.807, 2.05) is 78.3 Å². The third-order valence-electron chi connectivity index (χ3n) is 7.79. The van der Waals surface area contributed by atoms with E-state index in [0.717, 1.165) is 45.8 Å². The van der Waals surface area contributed by atoms with E-state index in [9.17, 15) is 9.59 Å². The number of hydrogen-bond acceptors (Lipinski definition) is 7. The van der Waals surface area contributed by atoms with E-state index in [1.165, 1.54) is 0 Å². The van der Waals surface area contributed by atoms with Gasteiger partial charge in [0.05, 0.1) is 38.0 Å². The van der Waals surface area contributed by atoms with Gasteiger partial charge in [0.15, 0.2) is 5.65 Å². The third-order valence-corrected chi connectivity index (χ3v) is 7.79. The van der Waals surface area contributed by atoms with Crippen molar-refractivity contribution in [1.29, 1.82) is 0 Å². The zero-order valence-electron chi connectivity index (χ0n) is 25.4. The fourth-order valence-electron chi connectivity index (χ4n) is 5.50. The molecule has 1 fully saturated rings. The maximum atomic E-state index is 12.9. The lowest BCUT2D eigenvalue weighted by Gasteiger charge is -2.26. The smallest absolute Gasteiger partial charge is 0.255 e. The Labute approximate surface area is 262 Å². The Balaban J connectivity index is 1.14. The molecule has 0 radical (unpaired) electrons. The van der Waals surface area contributed by atoms with Crippen LogP contribution in [0.25, 0.3) is 16.8 Å². The first-order chi connectivity index (χ1) is 21.9. The Bertz CT molecular complexity index is 1780. The lowest BCUT2D eigenvalue weighted by atomic mass is 10.0. The molecule has 0 bridgehead atoms. The predicted molar refractivity (Wildman–Crippen MR) is 173 cm³/mol. The molecule has 10 nitrogen and oxygen atoms in total. The monoisotopic (exact) mass is 604 g/mol. The van der Waals surface area contributed by atoms with Crippen molar-refractivity contribution in [1.82, 2.24) is 24.6 Å². The molecular formula is C35H36N6O4. The predicted octanol–water partition coefficient (Wildman–Crippen LogP) is 4.91. The lowest BCUT2D eigenvalue weighted by Crippen LogP contribution is -2.40. The first kappa shape index (κ1) is 29.8. The summed E-state index contributed by atoms with van der Waals surface area (Å²) >= 11 is 0. The van der Waals surface area contributed by atoms with Gasteiger partial charge in [-0.15, -0.1) is 0 Å². The number of carbonyl (C=O) groups excluding carboxylic acids is 2. The van der Waals surface area contributed by atoms with Crippen molar-refractivity contribution in [2.24, 2.45) is 0 Å². The summed E-state index contributed by atoms with van der Waals surface area (Å²) in [6.45, 7) is 4.28. The van der Waals surface area contributed by atoms with E-state index >= 15 is 0 Å². The second-order valence-corrected chi connectivity index (χ2v) is 11.2. The summed E-state index contributed by atoms with van der Waals surface area (Å²) in [5.74, 6) is 1.34. The molecule has 2 amide bonds. The third kappa shape index (κ3) is 7.30. The quantitative estimate of drug-likeness (QED) is 0.233. The molecule has 2 aromatic carbocycles. The summed E-state index contributed by atoms with van der Waals surface area (Å²) in [4.78, 5) is 36.6. The SMILES string of the molecule is COc1ccc(CC(C)NC(=O)Cc2cccc(-c3cc(Nc4ccc(C(=O)N5CCOCC5)cn4)c4nccn4c3)c2)cc1. The highest BCUT2D eigenvalue weighted by atomic mass is 16.5. The van der Waals surface area contributed by atoms with Gasteiger partial charge in [0.1, 0.15) is 11.6 Å². The van der Waals surface area contributed by atoms with Crippen molar-refractivity contribution in [3.63, 3.8) is 0 Å². The van der Waals surface area contributed by atoms with Crippen LogP contribution in [0.5, 0.6) is 5.75 Å². The number of anilines is 2. The number of imidazole rings is 1. The van der Waals surface area contributed by atoms with Gasteiger partial charge >= 0.3 is 0 Å². The standard InChI is InChI=1S/C35H36N6O4/c1-24(18-25-6-9-30(44-2)10-7-25)38-33(42)20-26-4-3-5-27(19-26)29-21-31(34-36-12-13-41(34)23-29)39-32-11-8-28(22-37-32)35(43)40-14-16-45-17-15-40/h3-13,19,21-24H,14-18,20H2,1-2H3,(H,37,39)(H,38,42). The number of morpholine rings is 1. The minimum atomic E-state index is -0.0461. The largest absolute Gasteiger partial charge is 0.497 e. The molecule has 5 aromatic rings. The first-order valence-corrected chi connectivity index (χ1v) is 15.0. The maximum absolute atomic E-state index is 12.9. The van der Waals surface area contributed by atoms with Crippen LogP contribution in [-0.2, 0) is 22.4 Å². The topological polar surface area (TPSA) is 110 Å². The highest BCUT2D eigenvalue weighted by Crippen LogP contribution is 2.28. The minimum absolute atomic E-state index is 0.00785. The molecule has 6 rings (SSSR count). The normalized spacial score (nSPS) is 13.8. The van der Waals surface area contributed by atoms with Crippen LogP contribution in [0.4, 0.5) is 11.5 Å².